The molecule has 0 saturated carbocycles. The number of rotatable bonds is 2. The van der Waals surface area contributed by atoms with Crippen LogP contribution in [0, 0.1) is 6.92 Å². The Balaban J connectivity index is 2.14. The topological polar surface area (TPSA) is 58.9 Å². The molecule has 0 radical (unpaired) electrons. The van der Waals surface area contributed by atoms with Crippen LogP contribution >= 0.6 is 0 Å². The molecule has 1 heterocycles. The van der Waals surface area contributed by atoms with E-state index in [0.29, 0.717) is 12.1 Å². The first-order chi connectivity index (χ1) is 7.65. The van der Waals surface area contributed by atoms with Crippen molar-refractivity contribution in [2.45, 2.75) is 13.3 Å². The largest absolute Gasteiger partial charge is 0.335 e. The van der Waals surface area contributed by atoms with Gasteiger partial charge in [-0.1, -0.05) is 29.8 Å². The van der Waals surface area contributed by atoms with Gasteiger partial charge in [-0.3, -0.25) is 9.59 Å². The monoisotopic (exact) mass is 214 g/mol. The number of nitrogens with zero attached hydrogens (tertiary/aromatic N) is 2. The molecule has 0 saturated heterocycles. The van der Waals surface area contributed by atoms with Gasteiger partial charge in [0.05, 0.1) is 5.70 Å². The van der Waals surface area contributed by atoms with E-state index in [9.17, 15) is 9.59 Å². The van der Waals surface area contributed by atoms with E-state index in [0.717, 1.165) is 5.56 Å². The van der Waals surface area contributed by atoms with E-state index in [1.807, 2.05) is 31.2 Å². The van der Waals surface area contributed by atoms with Crippen molar-refractivity contribution in [3.05, 3.63) is 47.2 Å². The minimum atomic E-state index is -0.798. The van der Waals surface area contributed by atoms with Gasteiger partial charge in [-0.25, -0.2) is 0 Å². The Bertz CT molecular complexity index is 498. The SMILES string of the molecule is Cc1ccc(CC2=CC(=O)C(=O)N=N2)cc1. The Labute approximate surface area is 92.7 Å². The number of carbonyl (C=O) groups is 2. The van der Waals surface area contributed by atoms with Gasteiger partial charge in [0.15, 0.2) is 0 Å². The molecule has 16 heavy (non-hydrogen) atoms. The Kier molecular flexibility index (Phi) is 2.72. The fourth-order valence-electron chi connectivity index (χ4n) is 1.40. The minimum Gasteiger partial charge on any atom is -0.284 e. The molecule has 0 fully saturated rings. The average molecular weight is 214 g/mol. The first-order valence-corrected chi connectivity index (χ1v) is 4.91. The normalized spacial score (nSPS) is 15.2. The number of aryl methyl sites for hydroxylation is 1. The summed E-state index contributed by atoms with van der Waals surface area (Å²) in [6.07, 6.45) is 1.76. The van der Waals surface area contributed by atoms with Gasteiger partial charge in [0.1, 0.15) is 0 Å². The Hall–Kier alpha value is -2.10. The average Bonchev–Trinajstić information content (AvgIpc) is 2.27. The second kappa shape index (κ2) is 4.18. The number of amides is 1. The molecule has 1 amide bonds. The molecule has 0 aromatic heterocycles. The Morgan fingerprint density at radius 3 is 2.38 bits per heavy atom. The van der Waals surface area contributed by atoms with E-state index in [-0.39, 0.29) is 0 Å². The second-order valence-corrected chi connectivity index (χ2v) is 3.67. The number of allylic oxidation sites excluding steroid dienone is 1. The highest BCUT2D eigenvalue weighted by Crippen LogP contribution is 2.13. The summed E-state index contributed by atoms with van der Waals surface area (Å²) < 4.78 is 0. The molecule has 0 bridgehead atoms. The molecule has 0 N–H and O–H groups in total. The van der Waals surface area contributed by atoms with Crippen LogP contribution in [0.15, 0.2) is 46.3 Å². The summed E-state index contributed by atoms with van der Waals surface area (Å²) in [5, 5.41) is 6.97. The van der Waals surface area contributed by atoms with Crippen molar-refractivity contribution in [1.82, 2.24) is 0 Å². The third-order valence-electron chi connectivity index (χ3n) is 2.28. The molecule has 4 heteroatoms. The van der Waals surface area contributed by atoms with E-state index < -0.39 is 11.7 Å². The third-order valence-corrected chi connectivity index (χ3v) is 2.28. The van der Waals surface area contributed by atoms with Crippen LogP contribution in [0.1, 0.15) is 11.1 Å². The molecule has 1 aromatic rings. The zero-order chi connectivity index (χ0) is 11.5. The molecule has 0 spiro atoms. The van der Waals surface area contributed by atoms with Crippen LogP contribution in [0.5, 0.6) is 0 Å². The Morgan fingerprint density at radius 2 is 1.75 bits per heavy atom. The van der Waals surface area contributed by atoms with Crippen molar-refractivity contribution in [2.75, 3.05) is 0 Å². The number of benzene rings is 1. The van der Waals surface area contributed by atoms with Crippen LogP contribution in [0.4, 0.5) is 0 Å². The van der Waals surface area contributed by atoms with Crippen LogP contribution in [-0.4, -0.2) is 11.7 Å². The molecule has 0 aliphatic carbocycles. The van der Waals surface area contributed by atoms with Gasteiger partial charge in [0.25, 0.3) is 0 Å². The quantitative estimate of drug-likeness (QED) is 0.707. The molecular formula is C12H10N2O2. The van der Waals surface area contributed by atoms with E-state index in [2.05, 4.69) is 10.2 Å². The van der Waals surface area contributed by atoms with Gasteiger partial charge in [-0.2, -0.15) is 5.11 Å². The molecule has 2 rings (SSSR count). The number of ketones is 1. The lowest BCUT2D eigenvalue weighted by atomic mass is 10.1. The lowest BCUT2D eigenvalue weighted by molar-refractivity contribution is -0.133. The van der Waals surface area contributed by atoms with Crippen molar-refractivity contribution in [2.24, 2.45) is 10.2 Å². The van der Waals surface area contributed by atoms with Gasteiger partial charge in [-0.05, 0) is 12.5 Å². The summed E-state index contributed by atoms with van der Waals surface area (Å²) >= 11 is 0. The third kappa shape index (κ3) is 2.28. The van der Waals surface area contributed by atoms with Gasteiger partial charge in [-0.15, -0.1) is 5.11 Å². The van der Waals surface area contributed by atoms with Gasteiger partial charge in [0, 0.05) is 12.5 Å². The summed E-state index contributed by atoms with van der Waals surface area (Å²) in [4.78, 5) is 21.9. The van der Waals surface area contributed by atoms with Gasteiger partial charge >= 0.3 is 5.91 Å². The van der Waals surface area contributed by atoms with Crippen molar-refractivity contribution in [3.63, 3.8) is 0 Å². The standard InChI is InChI=1S/C12H10N2O2/c1-8-2-4-9(5-3-8)6-10-7-11(15)12(16)14-13-10/h2-5,7H,6H2,1H3. The fourth-order valence-corrected chi connectivity index (χ4v) is 1.40. The second-order valence-electron chi connectivity index (χ2n) is 3.67. The minimum absolute atomic E-state index is 0.517. The number of hydrogen-bond donors (Lipinski definition) is 0. The van der Waals surface area contributed by atoms with Crippen LogP contribution in [0.3, 0.4) is 0 Å². The molecule has 1 aliphatic heterocycles. The number of hydrogen-bond acceptors (Lipinski definition) is 3. The van der Waals surface area contributed by atoms with Crippen LogP contribution in [0.2, 0.25) is 0 Å². The molecular weight excluding hydrogens is 204 g/mol. The van der Waals surface area contributed by atoms with Crippen LogP contribution in [0.25, 0.3) is 0 Å². The van der Waals surface area contributed by atoms with Crippen molar-refractivity contribution < 1.29 is 9.59 Å². The maximum absolute atomic E-state index is 11.1. The molecule has 4 nitrogen and oxygen atoms in total. The molecule has 0 atom stereocenters. The predicted octanol–water partition coefficient (Wildman–Crippen LogP) is 1.98. The van der Waals surface area contributed by atoms with Crippen LogP contribution < -0.4 is 0 Å². The maximum Gasteiger partial charge on any atom is 0.335 e. The molecule has 80 valence electrons. The van der Waals surface area contributed by atoms with E-state index in [1.54, 1.807) is 0 Å². The molecule has 0 unspecified atom stereocenters. The summed E-state index contributed by atoms with van der Waals surface area (Å²) in [7, 11) is 0. The smallest absolute Gasteiger partial charge is 0.284 e. The van der Waals surface area contributed by atoms with Crippen LogP contribution in [-0.2, 0) is 16.0 Å². The highest BCUT2D eigenvalue weighted by Gasteiger charge is 2.16. The van der Waals surface area contributed by atoms with Gasteiger partial charge < -0.3 is 0 Å². The summed E-state index contributed by atoms with van der Waals surface area (Å²) in [5.41, 5.74) is 2.74. The zero-order valence-corrected chi connectivity index (χ0v) is 8.80. The number of carbonyl (C=O) groups excluding carboxylic acids is 2. The molecule has 1 aliphatic rings. The molecule has 1 aromatic carbocycles. The first-order valence-electron chi connectivity index (χ1n) is 4.91. The van der Waals surface area contributed by atoms with E-state index in [4.69, 9.17) is 0 Å². The van der Waals surface area contributed by atoms with Crippen molar-refractivity contribution >= 4 is 11.7 Å². The summed E-state index contributed by atoms with van der Waals surface area (Å²) in [6.45, 7) is 2.01. The van der Waals surface area contributed by atoms with Crippen molar-refractivity contribution in [3.8, 4) is 0 Å². The lowest BCUT2D eigenvalue weighted by Crippen LogP contribution is -2.11. The van der Waals surface area contributed by atoms with E-state index in [1.165, 1.54) is 11.6 Å². The van der Waals surface area contributed by atoms with Gasteiger partial charge in [0.2, 0.25) is 5.78 Å². The highest BCUT2D eigenvalue weighted by molar-refractivity contribution is 6.41. The fraction of sp³-hybridized carbons (Fsp3) is 0.167. The maximum atomic E-state index is 11.1. The number of azo groups is 1. The predicted molar refractivity (Wildman–Crippen MR) is 57.8 cm³/mol. The summed E-state index contributed by atoms with van der Waals surface area (Å²) in [6, 6.07) is 7.91. The highest BCUT2D eigenvalue weighted by atomic mass is 16.2. The zero-order valence-electron chi connectivity index (χ0n) is 8.80. The lowest BCUT2D eigenvalue weighted by Gasteiger charge is -2.04. The first kappa shape index (κ1) is 10.4. The Morgan fingerprint density at radius 1 is 1.06 bits per heavy atom. The summed E-state index contributed by atoms with van der Waals surface area (Å²) in [5.74, 6) is -1.40. The van der Waals surface area contributed by atoms with E-state index >= 15 is 0 Å². The van der Waals surface area contributed by atoms with Crippen molar-refractivity contribution in [1.29, 1.82) is 0 Å².